The first kappa shape index (κ1) is 30.2. The molecule has 0 aliphatic heterocycles. The van der Waals surface area contributed by atoms with Crippen LogP contribution < -0.4 is 4.90 Å². The number of nitrogens with zero attached hydrogens (tertiary/aromatic N) is 2. The molecular weight excluding hydrogens is 536 g/mol. The largest absolute Gasteiger partial charge is 0.458 e. The molecule has 1 aromatic carbocycles. The molecule has 2 N–H and O–H groups in total. The van der Waals surface area contributed by atoms with Crippen LogP contribution >= 0.6 is 0 Å². The van der Waals surface area contributed by atoms with Gasteiger partial charge in [-0.25, -0.2) is 9.86 Å². The lowest BCUT2D eigenvalue weighted by Crippen LogP contribution is -2.63. The number of amides is 2. The van der Waals surface area contributed by atoms with Crippen LogP contribution in [0.2, 0.25) is 0 Å². The van der Waals surface area contributed by atoms with Gasteiger partial charge in [-0.15, -0.1) is 0 Å². The minimum atomic E-state index is -0.769. The summed E-state index contributed by atoms with van der Waals surface area (Å²) in [4.78, 5) is 52.2. The van der Waals surface area contributed by atoms with E-state index in [1.165, 1.54) is 11.8 Å². The predicted molar refractivity (Wildman–Crippen MR) is 155 cm³/mol. The third kappa shape index (κ3) is 4.61. The molecule has 0 aromatic heterocycles. The van der Waals surface area contributed by atoms with Gasteiger partial charge in [0, 0.05) is 36.4 Å². The number of carbonyl (C=O) groups excluding carboxylic acids is 4. The molecule has 9 nitrogen and oxygen atoms in total. The lowest BCUT2D eigenvalue weighted by molar-refractivity contribution is -0.179. The first-order chi connectivity index (χ1) is 19.7. The minimum Gasteiger partial charge on any atom is -0.458 e. The number of anilines is 1. The quantitative estimate of drug-likeness (QED) is 0.288. The Labute approximate surface area is 247 Å². The number of allylic oxidation sites excluding steroid dienone is 4. The molecule has 9 heteroatoms. The molecule has 226 valence electrons. The van der Waals surface area contributed by atoms with E-state index in [0.717, 1.165) is 18.4 Å². The second-order valence-corrected chi connectivity index (χ2v) is 13.3. The van der Waals surface area contributed by atoms with E-state index in [4.69, 9.17) is 4.74 Å². The zero-order chi connectivity index (χ0) is 30.6. The van der Waals surface area contributed by atoms with Crippen LogP contribution in [0.25, 0.3) is 0 Å². The summed E-state index contributed by atoms with van der Waals surface area (Å²) in [5, 5.41) is 23.7. The fraction of sp³-hybridized carbons (Fsp3) is 0.576. The molecule has 8 unspecified atom stereocenters. The number of Topliss-reactive ketones (excluding diaryl/α,β-unsaturated/α-hetero) is 1. The topological polar surface area (TPSA) is 124 Å². The van der Waals surface area contributed by atoms with Crippen molar-refractivity contribution in [3.05, 3.63) is 54.1 Å². The molecule has 0 spiro atoms. The van der Waals surface area contributed by atoms with Crippen molar-refractivity contribution in [3.8, 4) is 0 Å². The van der Waals surface area contributed by atoms with Gasteiger partial charge in [0.25, 0.3) is 0 Å². The average Bonchev–Trinajstić information content (AvgIpc) is 3.23. The van der Waals surface area contributed by atoms with E-state index in [9.17, 15) is 29.5 Å². The molecule has 0 saturated heterocycles. The van der Waals surface area contributed by atoms with Gasteiger partial charge in [0.1, 0.15) is 6.61 Å². The van der Waals surface area contributed by atoms with Gasteiger partial charge in [0.05, 0.1) is 12.6 Å². The molecule has 0 bridgehead atoms. The molecule has 2 amide bonds. The number of para-hydroxylation sites is 1. The van der Waals surface area contributed by atoms with Crippen LogP contribution in [0, 0.1) is 39.9 Å². The van der Waals surface area contributed by atoms with E-state index in [1.807, 2.05) is 19.1 Å². The highest BCUT2D eigenvalue weighted by molar-refractivity contribution is 6.01. The monoisotopic (exact) mass is 578 g/mol. The van der Waals surface area contributed by atoms with E-state index in [0.29, 0.717) is 23.6 Å². The average molecular weight is 579 g/mol. The van der Waals surface area contributed by atoms with E-state index in [1.54, 1.807) is 43.5 Å². The lowest BCUT2D eigenvalue weighted by Gasteiger charge is -2.65. The summed E-state index contributed by atoms with van der Waals surface area (Å²) >= 11 is 0. The van der Waals surface area contributed by atoms with Crippen molar-refractivity contribution in [1.82, 2.24) is 5.06 Å². The van der Waals surface area contributed by atoms with Gasteiger partial charge in [0.15, 0.2) is 11.6 Å². The number of carbonyl (C=O) groups is 4. The van der Waals surface area contributed by atoms with Crippen molar-refractivity contribution < 1.29 is 34.2 Å². The SMILES string of the molecule is CC(=O)OCC(=O)C1C(CN(O)C(=O)N(C)c2ccccc2)CC2C3CCC4=CC(=O)C=CC4(C)C3(C)C(O)CC21C. The van der Waals surface area contributed by atoms with Crippen molar-refractivity contribution in [2.75, 3.05) is 25.1 Å². The van der Waals surface area contributed by atoms with Crippen LogP contribution in [0.5, 0.6) is 0 Å². The molecule has 0 heterocycles. The number of ether oxygens (including phenoxy) is 1. The molecule has 5 rings (SSSR count). The molecule has 3 saturated carbocycles. The number of hydrogen-bond acceptors (Lipinski definition) is 7. The van der Waals surface area contributed by atoms with Gasteiger partial charge in [-0.1, -0.05) is 50.6 Å². The number of fused-ring (bicyclic) bond motifs is 5. The summed E-state index contributed by atoms with van der Waals surface area (Å²) in [5.74, 6) is -1.89. The Bertz CT molecular complexity index is 1340. The Morgan fingerprint density at radius 2 is 1.79 bits per heavy atom. The summed E-state index contributed by atoms with van der Waals surface area (Å²) in [5.41, 5.74) is -0.0964. The summed E-state index contributed by atoms with van der Waals surface area (Å²) in [7, 11) is 1.58. The van der Waals surface area contributed by atoms with Gasteiger partial charge >= 0.3 is 12.0 Å². The van der Waals surface area contributed by atoms with E-state index in [2.05, 4.69) is 13.8 Å². The Morgan fingerprint density at radius 1 is 1.10 bits per heavy atom. The van der Waals surface area contributed by atoms with Crippen LogP contribution in [0.3, 0.4) is 0 Å². The number of aliphatic hydroxyl groups excluding tert-OH is 1. The number of benzene rings is 1. The van der Waals surface area contributed by atoms with Crippen LogP contribution in [0.15, 0.2) is 54.1 Å². The molecule has 3 fully saturated rings. The van der Waals surface area contributed by atoms with E-state index < -0.39 is 52.8 Å². The zero-order valence-electron chi connectivity index (χ0n) is 25.1. The minimum absolute atomic E-state index is 0.00179. The van der Waals surface area contributed by atoms with Gasteiger partial charge in [-0.05, 0) is 73.1 Å². The Balaban J connectivity index is 1.48. The van der Waals surface area contributed by atoms with E-state index in [-0.39, 0.29) is 29.9 Å². The first-order valence-electron chi connectivity index (χ1n) is 14.8. The molecule has 8 atom stereocenters. The summed E-state index contributed by atoms with van der Waals surface area (Å²) in [6.45, 7) is 7.02. The standard InChI is InChI=1S/C33H42N2O7/c1-20(36)42-19-27(38)29-21(18-35(41)30(40)34(5)23-9-7-6-8-10-23)15-26-25-12-11-22-16-24(37)13-14-32(22,3)33(25,4)28(39)17-31(26,29)2/h6-10,13-14,16,21,25-26,28-29,39,41H,11-12,15,17-19H2,1-5H3. The molecule has 4 aliphatic carbocycles. The number of ketones is 2. The van der Waals surface area contributed by atoms with Crippen molar-refractivity contribution in [3.63, 3.8) is 0 Å². The van der Waals surface area contributed by atoms with Crippen LogP contribution in [-0.4, -0.2) is 65.2 Å². The number of esters is 1. The summed E-state index contributed by atoms with van der Waals surface area (Å²) in [6, 6.07) is 8.37. The van der Waals surface area contributed by atoms with Crippen LogP contribution in [-0.2, 0) is 19.1 Å². The maximum absolute atomic E-state index is 13.8. The Morgan fingerprint density at radius 3 is 2.45 bits per heavy atom. The lowest BCUT2D eigenvalue weighted by atomic mass is 9.40. The Kier molecular flexibility index (Phi) is 7.73. The molecule has 42 heavy (non-hydrogen) atoms. The fourth-order valence-corrected chi connectivity index (χ4v) is 9.13. The van der Waals surface area contributed by atoms with E-state index >= 15 is 0 Å². The Hall–Kier alpha value is -3.30. The maximum Gasteiger partial charge on any atom is 0.347 e. The normalized spacial score (nSPS) is 36.7. The first-order valence-corrected chi connectivity index (χ1v) is 14.8. The third-order valence-corrected chi connectivity index (χ3v) is 11.4. The highest BCUT2D eigenvalue weighted by Gasteiger charge is 2.69. The number of rotatable bonds is 6. The molecule has 1 aromatic rings. The van der Waals surface area contributed by atoms with Crippen molar-refractivity contribution in [1.29, 1.82) is 0 Å². The van der Waals surface area contributed by atoms with Gasteiger partial charge in [-0.2, -0.15) is 0 Å². The summed E-state index contributed by atoms with van der Waals surface area (Å²) < 4.78 is 5.14. The smallest absolute Gasteiger partial charge is 0.347 e. The number of hydroxylamine groups is 2. The van der Waals surface area contributed by atoms with Crippen LogP contribution in [0.4, 0.5) is 10.5 Å². The summed E-state index contributed by atoms with van der Waals surface area (Å²) in [6.07, 6.45) is 6.87. The second kappa shape index (κ2) is 10.8. The highest BCUT2D eigenvalue weighted by Crippen LogP contribution is 2.72. The number of urea groups is 1. The predicted octanol–water partition coefficient (Wildman–Crippen LogP) is 4.58. The fourth-order valence-electron chi connectivity index (χ4n) is 9.13. The maximum atomic E-state index is 13.8. The molecule has 0 radical (unpaired) electrons. The third-order valence-electron chi connectivity index (χ3n) is 11.4. The van der Waals surface area contributed by atoms with Crippen LogP contribution in [0.1, 0.15) is 53.4 Å². The van der Waals surface area contributed by atoms with Crippen molar-refractivity contribution >= 4 is 29.3 Å². The second-order valence-electron chi connectivity index (χ2n) is 13.3. The van der Waals surface area contributed by atoms with Crippen molar-refractivity contribution in [2.24, 2.45) is 39.9 Å². The van der Waals surface area contributed by atoms with Crippen molar-refractivity contribution in [2.45, 2.75) is 59.5 Å². The van der Waals surface area contributed by atoms with Gasteiger partial charge in [0.2, 0.25) is 0 Å². The molecular formula is C33H42N2O7. The number of hydrogen-bond donors (Lipinski definition) is 2. The number of aliphatic hydroxyl groups is 1. The van der Waals surface area contributed by atoms with Gasteiger partial charge < -0.3 is 9.84 Å². The van der Waals surface area contributed by atoms with Gasteiger partial charge in [-0.3, -0.25) is 24.5 Å². The highest BCUT2D eigenvalue weighted by atomic mass is 16.5. The molecule has 4 aliphatic rings. The zero-order valence-corrected chi connectivity index (χ0v) is 25.1.